The van der Waals surface area contributed by atoms with Gasteiger partial charge in [-0.3, -0.25) is 14.2 Å². The second-order valence-corrected chi connectivity index (χ2v) is 11.8. The Morgan fingerprint density at radius 2 is 1.98 bits per heavy atom. The van der Waals surface area contributed by atoms with Gasteiger partial charge in [-0.05, 0) is 42.6 Å². The molecule has 4 aromatic heterocycles. The number of ether oxygens (including phenoxy) is 1. The minimum Gasteiger partial charge on any atom is -0.490 e. The topological polar surface area (TPSA) is 98.3 Å². The van der Waals surface area contributed by atoms with Crippen LogP contribution in [0.2, 0.25) is 0 Å². The van der Waals surface area contributed by atoms with Crippen LogP contribution >= 0.6 is 11.3 Å². The van der Waals surface area contributed by atoms with Crippen LogP contribution in [0.1, 0.15) is 18.7 Å². The van der Waals surface area contributed by atoms with Gasteiger partial charge in [0.05, 0.1) is 41.7 Å². The predicted octanol–water partition coefficient (Wildman–Crippen LogP) is 6.12. The SMILES string of the molecule is C=CC(=O)N1CCn2nc(-c3nc(-c4ccc5nn(C)cc5c4)c4ccsc4c3-c3c(F)cc(F)cc3OCCO)cc2[C@@H]1C. The van der Waals surface area contributed by atoms with Crippen molar-refractivity contribution in [1.29, 1.82) is 0 Å². The number of benzene rings is 2. The van der Waals surface area contributed by atoms with Crippen molar-refractivity contribution in [2.45, 2.75) is 19.5 Å². The second kappa shape index (κ2) is 11.2. The Kier molecular flexibility index (Phi) is 7.17. The first-order valence-electron chi connectivity index (χ1n) is 14.4. The number of halogens is 2. The highest BCUT2D eigenvalue weighted by Crippen LogP contribution is 2.47. The van der Waals surface area contributed by atoms with Gasteiger partial charge in [0.2, 0.25) is 5.91 Å². The van der Waals surface area contributed by atoms with E-state index >= 15 is 4.39 Å². The summed E-state index contributed by atoms with van der Waals surface area (Å²) >= 11 is 1.40. The van der Waals surface area contributed by atoms with E-state index in [1.165, 1.54) is 17.4 Å². The molecule has 0 aliphatic carbocycles. The first kappa shape index (κ1) is 28.8. The average Bonchev–Trinajstić information content (AvgIpc) is 3.77. The maximum Gasteiger partial charge on any atom is 0.246 e. The summed E-state index contributed by atoms with van der Waals surface area (Å²) in [7, 11) is 1.86. The zero-order chi connectivity index (χ0) is 31.4. The lowest BCUT2D eigenvalue weighted by Gasteiger charge is -2.33. The van der Waals surface area contributed by atoms with Gasteiger partial charge in [-0.25, -0.2) is 13.8 Å². The van der Waals surface area contributed by atoms with Gasteiger partial charge in [0.15, 0.2) is 0 Å². The molecular formula is C33H28F2N6O3S. The molecule has 1 aliphatic heterocycles. The summed E-state index contributed by atoms with van der Waals surface area (Å²) in [5, 5.41) is 22.5. The molecule has 5 heterocycles. The standard InChI is InChI=1S/C33H28F2N6O3S/c1-4-28(43)40-8-9-41-26(18(40)2)16-25(38-41)32-30(29-23(35)14-21(34)15-27(29)44-11-10-42)33-22(7-12-45-33)31(36-32)19-5-6-24-20(13-19)17-39(3)37-24/h4-7,12-18,42H,1,8-11H2,2-3H3/t18-/m0/s1. The number of aromatic nitrogens is 5. The van der Waals surface area contributed by atoms with Gasteiger partial charge in [-0.15, -0.1) is 11.3 Å². The first-order valence-corrected chi connectivity index (χ1v) is 15.2. The molecule has 1 amide bonds. The fourth-order valence-electron chi connectivity index (χ4n) is 6.06. The molecule has 0 saturated carbocycles. The Hall–Kier alpha value is -4.94. The monoisotopic (exact) mass is 626 g/mol. The van der Waals surface area contributed by atoms with E-state index in [0.29, 0.717) is 40.4 Å². The largest absolute Gasteiger partial charge is 0.490 e. The Bertz CT molecular complexity index is 2130. The van der Waals surface area contributed by atoms with Crippen LogP contribution in [-0.4, -0.2) is 60.2 Å². The highest BCUT2D eigenvalue weighted by molar-refractivity contribution is 7.18. The molecule has 0 unspecified atom stereocenters. The molecule has 2 aromatic carbocycles. The van der Waals surface area contributed by atoms with Crippen LogP contribution in [0.4, 0.5) is 8.78 Å². The van der Waals surface area contributed by atoms with Crippen LogP contribution in [0.15, 0.2) is 66.7 Å². The number of pyridine rings is 1. The van der Waals surface area contributed by atoms with Crippen molar-refractivity contribution in [3.05, 3.63) is 84.0 Å². The van der Waals surface area contributed by atoms with Gasteiger partial charge in [0.1, 0.15) is 35.4 Å². The molecule has 7 rings (SSSR count). The van der Waals surface area contributed by atoms with Gasteiger partial charge >= 0.3 is 0 Å². The minimum absolute atomic E-state index is 0.0246. The Morgan fingerprint density at radius 1 is 1.13 bits per heavy atom. The minimum atomic E-state index is -0.828. The number of carbonyl (C=O) groups excluding carboxylic acids is 1. The summed E-state index contributed by atoms with van der Waals surface area (Å²) in [5.74, 6) is -1.86. The van der Waals surface area contributed by atoms with E-state index in [0.717, 1.165) is 39.7 Å². The zero-order valence-electron chi connectivity index (χ0n) is 24.5. The van der Waals surface area contributed by atoms with Crippen LogP contribution in [0, 0.1) is 11.6 Å². The molecular weight excluding hydrogens is 598 g/mol. The molecule has 228 valence electrons. The number of thiophene rings is 1. The van der Waals surface area contributed by atoms with E-state index < -0.39 is 11.6 Å². The number of amides is 1. The highest BCUT2D eigenvalue weighted by Gasteiger charge is 2.31. The van der Waals surface area contributed by atoms with Gasteiger partial charge in [0, 0.05) is 58.5 Å². The number of fused-ring (bicyclic) bond motifs is 3. The average molecular weight is 627 g/mol. The third-order valence-electron chi connectivity index (χ3n) is 8.08. The van der Waals surface area contributed by atoms with Crippen LogP contribution in [0.3, 0.4) is 0 Å². The molecule has 0 spiro atoms. The Balaban J connectivity index is 1.52. The molecule has 0 fully saturated rings. The van der Waals surface area contributed by atoms with Crippen molar-refractivity contribution >= 4 is 38.2 Å². The van der Waals surface area contributed by atoms with Crippen LogP contribution < -0.4 is 4.74 Å². The van der Waals surface area contributed by atoms with Crippen molar-refractivity contribution in [3.8, 4) is 39.5 Å². The number of aliphatic hydroxyl groups is 1. The normalized spacial score (nSPS) is 14.7. The fraction of sp³-hybridized carbons (Fsp3) is 0.212. The van der Waals surface area contributed by atoms with Crippen LogP contribution in [-0.2, 0) is 18.4 Å². The number of rotatable bonds is 7. The van der Waals surface area contributed by atoms with Gasteiger partial charge in [0.25, 0.3) is 0 Å². The summed E-state index contributed by atoms with van der Waals surface area (Å²) in [5.41, 5.74) is 4.40. The molecule has 12 heteroatoms. The number of nitrogens with zero attached hydrogens (tertiary/aromatic N) is 6. The van der Waals surface area contributed by atoms with E-state index in [-0.39, 0.29) is 36.5 Å². The maximum absolute atomic E-state index is 15.9. The Labute approximate surface area is 260 Å². The van der Waals surface area contributed by atoms with Crippen molar-refractivity contribution in [3.63, 3.8) is 0 Å². The Morgan fingerprint density at radius 3 is 2.78 bits per heavy atom. The van der Waals surface area contributed by atoms with Crippen molar-refractivity contribution < 1.29 is 23.4 Å². The first-order chi connectivity index (χ1) is 21.8. The van der Waals surface area contributed by atoms with E-state index in [1.54, 1.807) is 9.58 Å². The fourth-order valence-corrected chi connectivity index (χ4v) is 7.01. The predicted molar refractivity (Wildman–Crippen MR) is 169 cm³/mol. The molecule has 1 N–H and O–H groups in total. The summed E-state index contributed by atoms with van der Waals surface area (Å²) in [6, 6.07) is 11.3. The molecule has 1 aliphatic rings. The van der Waals surface area contributed by atoms with E-state index in [1.807, 2.05) is 60.6 Å². The van der Waals surface area contributed by atoms with Crippen LogP contribution in [0.25, 0.3) is 54.8 Å². The molecule has 0 radical (unpaired) electrons. The van der Waals surface area contributed by atoms with Crippen LogP contribution in [0.5, 0.6) is 5.75 Å². The smallest absolute Gasteiger partial charge is 0.246 e. The summed E-state index contributed by atoms with van der Waals surface area (Å²) < 4.78 is 40.4. The lowest BCUT2D eigenvalue weighted by Crippen LogP contribution is -2.40. The van der Waals surface area contributed by atoms with E-state index in [4.69, 9.17) is 14.8 Å². The summed E-state index contributed by atoms with van der Waals surface area (Å²) in [6.45, 7) is 5.97. The highest BCUT2D eigenvalue weighted by atomic mass is 32.1. The van der Waals surface area contributed by atoms with Crippen molar-refractivity contribution in [1.82, 2.24) is 29.4 Å². The molecule has 9 nitrogen and oxygen atoms in total. The number of aliphatic hydroxyl groups excluding tert-OH is 1. The molecule has 0 bridgehead atoms. The zero-order valence-corrected chi connectivity index (χ0v) is 25.3. The lowest BCUT2D eigenvalue weighted by atomic mass is 9.96. The second-order valence-electron chi connectivity index (χ2n) is 10.8. The van der Waals surface area contributed by atoms with Crippen molar-refractivity contribution in [2.24, 2.45) is 7.05 Å². The number of carbonyl (C=O) groups is 1. The third kappa shape index (κ3) is 4.86. The number of hydrogen-bond acceptors (Lipinski definition) is 7. The summed E-state index contributed by atoms with van der Waals surface area (Å²) in [6.07, 6.45) is 3.23. The van der Waals surface area contributed by atoms with Gasteiger partial charge in [-0.2, -0.15) is 10.2 Å². The molecule has 6 aromatic rings. The maximum atomic E-state index is 15.9. The van der Waals surface area contributed by atoms with Crippen molar-refractivity contribution in [2.75, 3.05) is 19.8 Å². The quantitative estimate of drug-likeness (QED) is 0.215. The molecule has 0 saturated heterocycles. The third-order valence-corrected chi connectivity index (χ3v) is 9.01. The van der Waals surface area contributed by atoms with Gasteiger partial charge < -0.3 is 14.7 Å². The van der Waals surface area contributed by atoms with Gasteiger partial charge in [-0.1, -0.05) is 12.6 Å². The number of hydrogen-bond donors (Lipinski definition) is 1. The molecule has 45 heavy (non-hydrogen) atoms. The molecule has 1 atom stereocenters. The van der Waals surface area contributed by atoms with E-state index in [9.17, 15) is 14.3 Å². The number of aryl methyl sites for hydroxylation is 1. The van der Waals surface area contributed by atoms with E-state index in [2.05, 4.69) is 11.7 Å². The summed E-state index contributed by atoms with van der Waals surface area (Å²) in [4.78, 5) is 19.5. The lowest BCUT2D eigenvalue weighted by molar-refractivity contribution is -0.129.